The fourth-order valence-corrected chi connectivity index (χ4v) is 3.52. The lowest BCUT2D eigenvalue weighted by molar-refractivity contribution is -0.122. The summed E-state index contributed by atoms with van der Waals surface area (Å²) in [6, 6.07) is 11.6. The molecule has 7 heteroatoms. The van der Waals surface area contributed by atoms with Crippen molar-refractivity contribution < 1.29 is 19.1 Å². The van der Waals surface area contributed by atoms with Crippen LogP contribution in [0, 0.1) is 0 Å². The highest BCUT2D eigenvalue weighted by Gasteiger charge is 2.37. The Hall–Kier alpha value is -2.93. The number of rotatable bonds is 5. The second kappa shape index (κ2) is 8.61. The molecular formula is C22H21BrN2O4. The van der Waals surface area contributed by atoms with Crippen molar-refractivity contribution in [1.29, 1.82) is 0 Å². The number of nitrogens with one attached hydrogen (secondary N) is 1. The third-order valence-electron chi connectivity index (χ3n) is 4.34. The van der Waals surface area contributed by atoms with Crippen LogP contribution in [0.2, 0.25) is 0 Å². The van der Waals surface area contributed by atoms with Crippen molar-refractivity contribution in [2.45, 2.75) is 33.3 Å². The quantitative estimate of drug-likeness (QED) is 0.531. The molecule has 3 rings (SSSR count). The third kappa shape index (κ3) is 4.40. The summed E-state index contributed by atoms with van der Waals surface area (Å²) in [7, 11) is 0. The van der Waals surface area contributed by atoms with Gasteiger partial charge in [0.25, 0.3) is 11.8 Å². The molecular weight excluding hydrogens is 436 g/mol. The molecule has 2 aromatic carbocycles. The maximum atomic E-state index is 13.1. The number of aryl methyl sites for hydroxylation is 1. The smallest absolute Gasteiger partial charge is 0.335 e. The first kappa shape index (κ1) is 20.8. The molecule has 1 N–H and O–H groups in total. The molecule has 0 aliphatic carbocycles. The molecule has 29 heavy (non-hydrogen) atoms. The number of halogens is 1. The van der Waals surface area contributed by atoms with Gasteiger partial charge in [0, 0.05) is 0 Å². The summed E-state index contributed by atoms with van der Waals surface area (Å²) in [6.45, 7) is 5.78. The summed E-state index contributed by atoms with van der Waals surface area (Å²) < 4.78 is 6.38. The van der Waals surface area contributed by atoms with Crippen molar-refractivity contribution in [3.63, 3.8) is 0 Å². The Labute approximate surface area is 177 Å². The summed E-state index contributed by atoms with van der Waals surface area (Å²) in [6.07, 6.45) is 2.12. The highest BCUT2D eigenvalue weighted by atomic mass is 79.9. The van der Waals surface area contributed by atoms with Crippen molar-refractivity contribution in [3.05, 3.63) is 63.6 Å². The van der Waals surface area contributed by atoms with Gasteiger partial charge in [0.2, 0.25) is 0 Å². The Morgan fingerprint density at radius 2 is 1.86 bits per heavy atom. The Morgan fingerprint density at radius 3 is 2.52 bits per heavy atom. The minimum absolute atomic E-state index is 0.0133. The molecule has 4 amide bonds. The van der Waals surface area contributed by atoms with Gasteiger partial charge in [0.1, 0.15) is 11.3 Å². The van der Waals surface area contributed by atoms with E-state index in [-0.39, 0.29) is 11.7 Å². The fraction of sp³-hybridized carbons (Fsp3) is 0.227. The number of nitrogens with zero attached hydrogens (tertiary/aromatic N) is 1. The van der Waals surface area contributed by atoms with E-state index in [1.165, 1.54) is 6.08 Å². The summed E-state index contributed by atoms with van der Waals surface area (Å²) in [4.78, 5) is 38.8. The molecule has 0 spiro atoms. The van der Waals surface area contributed by atoms with Crippen LogP contribution in [0.4, 0.5) is 10.5 Å². The molecule has 0 unspecified atom stereocenters. The summed E-state index contributed by atoms with van der Waals surface area (Å²) in [5.41, 5.74) is 1.82. The number of hydrogen-bond acceptors (Lipinski definition) is 4. The van der Waals surface area contributed by atoms with E-state index >= 15 is 0 Å². The minimum atomic E-state index is -0.750. The number of para-hydroxylation sites is 1. The average Bonchev–Trinajstić information content (AvgIpc) is 2.67. The van der Waals surface area contributed by atoms with Gasteiger partial charge in [0.15, 0.2) is 0 Å². The fourth-order valence-electron chi connectivity index (χ4n) is 3.03. The van der Waals surface area contributed by atoms with Crippen LogP contribution in [0.15, 0.2) is 52.5 Å². The Morgan fingerprint density at radius 1 is 1.14 bits per heavy atom. The van der Waals surface area contributed by atoms with E-state index in [1.54, 1.807) is 30.3 Å². The number of urea groups is 1. The number of barbiturate groups is 1. The van der Waals surface area contributed by atoms with Gasteiger partial charge in [-0.2, -0.15) is 0 Å². The van der Waals surface area contributed by atoms with Gasteiger partial charge in [-0.05, 0) is 71.6 Å². The van der Waals surface area contributed by atoms with Crippen LogP contribution in [0.25, 0.3) is 6.08 Å². The van der Waals surface area contributed by atoms with Gasteiger partial charge < -0.3 is 4.74 Å². The SMILES string of the molecule is CCc1ccccc1N1C(=O)NC(=O)/C(=C/c2ccc(OC(C)C)c(Br)c2)C1=O. The van der Waals surface area contributed by atoms with Crippen LogP contribution in [0.3, 0.4) is 0 Å². The van der Waals surface area contributed by atoms with Crippen molar-refractivity contribution in [3.8, 4) is 5.75 Å². The minimum Gasteiger partial charge on any atom is -0.490 e. The summed E-state index contributed by atoms with van der Waals surface area (Å²) in [5, 5.41) is 2.25. The molecule has 1 heterocycles. The number of amides is 4. The molecule has 1 saturated heterocycles. The summed E-state index contributed by atoms with van der Waals surface area (Å²) >= 11 is 3.44. The first-order chi connectivity index (χ1) is 13.8. The third-order valence-corrected chi connectivity index (χ3v) is 4.96. The molecule has 0 saturated carbocycles. The van der Waals surface area contributed by atoms with E-state index in [0.717, 1.165) is 10.5 Å². The molecule has 1 aliphatic rings. The number of imide groups is 2. The molecule has 0 bridgehead atoms. The largest absolute Gasteiger partial charge is 0.490 e. The number of carbonyl (C=O) groups excluding carboxylic acids is 3. The molecule has 6 nitrogen and oxygen atoms in total. The van der Waals surface area contributed by atoms with Gasteiger partial charge >= 0.3 is 6.03 Å². The van der Waals surface area contributed by atoms with Crippen LogP contribution < -0.4 is 15.0 Å². The van der Waals surface area contributed by atoms with E-state index < -0.39 is 17.8 Å². The van der Waals surface area contributed by atoms with E-state index in [1.807, 2.05) is 32.9 Å². The summed E-state index contributed by atoms with van der Waals surface area (Å²) in [5.74, 6) is -0.711. The highest BCUT2D eigenvalue weighted by molar-refractivity contribution is 9.10. The van der Waals surface area contributed by atoms with Crippen molar-refractivity contribution in [2.24, 2.45) is 0 Å². The van der Waals surface area contributed by atoms with Crippen LogP contribution in [-0.4, -0.2) is 23.9 Å². The van der Waals surface area contributed by atoms with Gasteiger partial charge in [-0.1, -0.05) is 31.2 Å². The van der Waals surface area contributed by atoms with Gasteiger partial charge in [0.05, 0.1) is 16.3 Å². The number of anilines is 1. The van der Waals surface area contributed by atoms with E-state index in [4.69, 9.17) is 4.74 Å². The normalized spacial score (nSPS) is 15.8. The standard InChI is InChI=1S/C22H21BrN2O4/c1-4-15-7-5-6-8-18(15)25-21(27)16(20(26)24-22(25)28)11-14-9-10-19(17(23)12-14)29-13(2)3/h5-13H,4H2,1-3H3,(H,24,26,28)/b16-11-. The number of ether oxygens (including phenoxy) is 1. The monoisotopic (exact) mass is 456 g/mol. The second-order valence-electron chi connectivity index (χ2n) is 6.80. The zero-order valence-corrected chi connectivity index (χ0v) is 17.9. The van der Waals surface area contributed by atoms with E-state index in [0.29, 0.717) is 27.9 Å². The topological polar surface area (TPSA) is 75.7 Å². The second-order valence-corrected chi connectivity index (χ2v) is 7.65. The maximum Gasteiger partial charge on any atom is 0.335 e. The first-order valence-electron chi connectivity index (χ1n) is 9.27. The van der Waals surface area contributed by atoms with E-state index in [9.17, 15) is 14.4 Å². The number of hydrogen-bond donors (Lipinski definition) is 1. The van der Waals surface area contributed by atoms with Crippen LogP contribution >= 0.6 is 15.9 Å². The van der Waals surface area contributed by atoms with Crippen LogP contribution in [0.5, 0.6) is 5.75 Å². The lowest BCUT2D eigenvalue weighted by atomic mass is 10.0. The predicted molar refractivity (Wildman–Crippen MR) is 115 cm³/mol. The lowest BCUT2D eigenvalue weighted by Crippen LogP contribution is -2.54. The zero-order valence-electron chi connectivity index (χ0n) is 16.4. The average molecular weight is 457 g/mol. The highest BCUT2D eigenvalue weighted by Crippen LogP contribution is 2.29. The Bertz CT molecular complexity index is 1010. The van der Waals surface area contributed by atoms with Crippen LogP contribution in [0.1, 0.15) is 31.9 Å². The zero-order chi connectivity index (χ0) is 21.1. The molecule has 0 atom stereocenters. The molecule has 1 fully saturated rings. The van der Waals surface area contributed by atoms with Gasteiger partial charge in [-0.25, -0.2) is 9.69 Å². The maximum absolute atomic E-state index is 13.1. The molecule has 0 aromatic heterocycles. The van der Waals surface area contributed by atoms with Crippen molar-refractivity contribution >= 4 is 45.5 Å². The van der Waals surface area contributed by atoms with Gasteiger partial charge in [-0.3, -0.25) is 14.9 Å². The predicted octanol–water partition coefficient (Wildman–Crippen LogP) is 4.47. The first-order valence-corrected chi connectivity index (χ1v) is 10.1. The van der Waals surface area contributed by atoms with Gasteiger partial charge in [-0.15, -0.1) is 0 Å². The lowest BCUT2D eigenvalue weighted by Gasteiger charge is -2.28. The number of carbonyl (C=O) groups is 3. The number of benzene rings is 2. The van der Waals surface area contributed by atoms with Crippen LogP contribution in [-0.2, 0) is 16.0 Å². The molecule has 1 aliphatic heterocycles. The Kier molecular flexibility index (Phi) is 6.17. The molecule has 0 radical (unpaired) electrons. The van der Waals surface area contributed by atoms with E-state index in [2.05, 4.69) is 21.2 Å². The van der Waals surface area contributed by atoms with Crippen molar-refractivity contribution in [1.82, 2.24) is 5.32 Å². The molecule has 150 valence electrons. The Balaban J connectivity index is 1.98. The molecule has 2 aromatic rings. The van der Waals surface area contributed by atoms with Crippen molar-refractivity contribution in [2.75, 3.05) is 4.90 Å².